The van der Waals surface area contributed by atoms with Gasteiger partial charge in [-0.2, -0.15) is 0 Å². The number of benzene rings is 1. The Bertz CT molecular complexity index is 397. The standard InChI is InChI=1S/C15H21NO2/c1-2-18-15(17)13-8-5-9-14(10-13)16-11-12-6-3-4-7-12/h5,8-10,12,16H,2-4,6-7,11H2,1H3. The molecule has 1 aromatic carbocycles. The van der Waals surface area contributed by atoms with Gasteiger partial charge in [0.05, 0.1) is 12.2 Å². The van der Waals surface area contributed by atoms with Crippen molar-refractivity contribution in [1.82, 2.24) is 0 Å². The fourth-order valence-electron chi connectivity index (χ4n) is 2.45. The zero-order valence-corrected chi connectivity index (χ0v) is 10.9. The number of carbonyl (C=O) groups is 1. The van der Waals surface area contributed by atoms with Gasteiger partial charge in [0, 0.05) is 12.2 Å². The lowest BCUT2D eigenvalue weighted by molar-refractivity contribution is 0.0526. The van der Waals surface area contributed by atoms with Gasteiger partial charge in [0.15, 0.2) is 0 Å². The molecule has 1 aromatic rings. The van der Waals surface area contributed by atoms with Crippen LogP contribution < -0.4 is 5.32 Å². The lowest BCUT2D eigenvalue weighted by Gasteiger charge is -2.12. The van der Waals surface area contributed by atoms with Crippen molar-refractivity contribution < 1.29 is 9.53 Å². The molecule has 0 bridgehead atoms. The molecule has 1 N–H and O–H groups in total. The third-order valence-corrected chi connectivity index (χ3v) is 3.44. The molecule has 0 atom stereocenters. The molecule has 0 saturated heterocycles. The summed E-state index contributed by atoms with van der Waals surface area (Å²) in [4.78, 5) is 11.6. The maximum atomic E-state index is 11.6. The second kappa shape index (κ2) is 6.43. The molecule has 2 rings (SSSR count). The van der Waals surface area contributed by atoms with E-state index in [4.69, 9.17) is 4.74 Å². The van der Waals surface area contributed by atoms with Crippen molar-refractivity contribution in [2.45, 2.75) is 32.6 Å². The summed E-state index contributed by atoms with van der Waals surface area (Å²) in [6.45, 7) is 3.24. The monoisotopic (exact) mass is 247 g/mol. The lowest BCUT2D eigenvalue weighted by atomic mass is 10.1. The topological polar surface area (TPSA) is 38.3 Å². The average molecular weight is 247 g/mol. The zero-order valence-electron chi connectivity index (χ0n) is 10.9. The highest BCUT2D eigenvalue weighted by Gasteiger charge is 2.14. The number of hydrogen-bond donors (Lipinski definition) is 1. The Hall–Kier alpha value is -1.51. The predicted octanol–water partition coefficient (Wildman–Crippen LogP) is 3.47. The van der Waals surface area contributed by atoms with Crippen LogP contribution in [-0.2, 0) is 4.74 Å². The van der Waals surface area contributed by atoms with E-state index in [9.17, 15) is 4.79 Å². The van der Waals surface area contributed by atoms with Crippen LogP contribution in [0.5, 0.6) is 0 Å². The number of nitrogens with one attached hydrogen (secondary N) is 1. The first-order chi connectivity index (χ1) is 8.79. The Morgan fingerprint density at radius 2 is 2.17 bits per heavy atom. The van der Waals surface area contributed by atoms with Gasteiger partial charge in [-0.15, -0.1) is 0 Å². The molecule has 1 aliphatic rings. The van der Waals surface area contributed by atoms with Crippen molar-refractivity contribution in [3.05, 3.63) is 29.8 Å². The summed E-state index contributed by atoms with van der Waals surface area (Å²) in [6, 6.07) is 7.55. The van der Waals surface area contributed by atoms with E-state index >= 15 is 0 Å². The molecule has 0 aromatic heterocycles. The first-order valence-electron chi connectivity index (χ1n) is 6.80. The largest absolute Gasteiger partial charge is 0.462 e. The molecule has 1 aliphatic carbocycles. The Morgan fingerprint density at radius 3 is 2.89 bits per heavy atom. The van der Waals surface area contributed by atoms with Crippen LogP contribution >= 0.6 is 0 Å². The normalized spacial score (nSPS) is 15.6. The molecule has 0 spiro atoms. The fourth-order valence-corrected chi connectivity index (χ4v) is 2.45. The van der Waals surface area contributed by atoms with Crippen LogP contribution in [0.1, 0.15) is 43.0 Å². The van der Waals surface area contributed by atoms with Crippen molar-refractivity contribution in [2.24, 2.45) is 5.92 Å². The smallest absolute Gasteiger partial charge is 0.338 e. The highest BCUT2D eigenvalue weighted by atomic mass is 16.5. The molecule has 1 saturated carbocycles. The SMILES string of the molecule is CCOC(=O)c1cccc(NCC2CCCC2)c1. The molecule has 0 amide bonds. The van der Waals surface area contributed by atoms with Crippen LogP contribution in [0.4, 0.5) is 5.69 Å². The van der Waals surface area contributed by atoms with E-state index in [0.29, 0.717) is 12.2 Å². The first-order valence-corrected chi connectivity index (χ1v) is 6.80. The van der Waals surface area contributed by atoms with Gasteiger partial charge < -0.3 is 10.1 Å². The molecule has 3 nitrogen and oxygen atoms in total. The van der Waals surface area contributed by atoms with Gasteiger partial charge in [-0.3, -0.25) is 0 Å². The highest BCUT2D eigenvalue weighted by molar-refractivity contribution is 5.90. The number of hydrogen-bond acceptors (Lipinski definition) is 3. The van der Waals surface area contributed by atoms with Gasteiger partial charge in [0.25, 0.3) is 0 Å². The third-order valence-electron chi connectivity index (χ3n) is 3.44. The minimum atomic E-state index is -0.248. The van der Waals surface area contributed by atoms with Crippen LogP contribution in [0.3, 0.4) is 0 Å². The Kier molecular flexibility index (Phi) is 4.62. The Labute approximate surface area is 109 Å². The summed E-state index contributed by atoms with van der Waals surface area (Å²) < 4.78 is 4.99. The maximum Gasteiger partial charge on any atom is 0.338 e. The van der Waals surface area contributed by atoms with E-state index in [1.807, 2.05) is 25.1 Å². The molecule has 1 fully saturated rings. The molecule has 18 heavy (non-hydrogen) atoms. The van der Waals surface area contributed by atoms with Gasteiger partial charge in [-0.1, -0.05) is 18.9 Å². The van der Waals surface area contributed by atoms with E-state index in [0.717, 1.165) is 18.2 Å². The number of esters is 1. The van der Waals surface area contributed by atoms with Crippen molar-refractivity contribution in [1.29, 1.82) is 0 Å². The molecule has 0 aliphatic heterocycles. The molecule has 0 unspecified atom stereocenters. The fraction of sp³-hybridized carbons (Fsp3) is 0.533. The van der Waals surface area contributed by atoms with Crippen LogP contribution in [0.2, 0.25) is 0 Å². The van der Waals surface area contributed by atoms with Crippen molar-refractivity contribution in [3.63, 3.8) is 0 Å². The van der Waals surface area contributed by atoms with Crippen LogP contribution in [0.15, 0.2) is 24.3 Å². The zero-order chi connectivity index (χ0) is 12.8. The maximum absolute atomic E-state index is 11.6. The molecule has 0 radical (unpaired) electrons. The minimum Gasteiger partial charge on any atom is -0.462 e. The minimum absolute atomic E-state index is 0.248. The summed E-state index contributed by atoms with van der Waals surface area (Å²) in [5.74, 6) is 0.540. The van der Waals surface area contributed by atoms with Gasteiger partial charge in [-0.05, 0) is 43.9 Å². The van der Waals surface area contributed by atoms with Gasteiger partial charge in [-0.25, -0.2) is 4.79 Å². The third kappa shape index (κ3) is 3.49. The van der Waals surface area contributed by atoms with Gasteiger partial charge in [0.1, 0.15) is 0 Å². The second-order valence-electron chi connectivity index (χ2n) is 4.83. The van der Waals surface area contributed by atoms with Crippen molar-refractivity contribution >= 4 is 11.7 Å². The molecular weight excluding hydrogens is 226 g/mol. The van der Waals surface area contributed by atoms with E-state index < -0.39 is 0 Å². The van der Waals surface area contributed by atoms with Crippen molar-refractivity contribution in [2.75, 3.05) is 18.5 Å². The average Bonchev–Trinajstić information content (AvgIpc) is 2.90. The Balaban J connectivity index is 1.91. The van der Waals surface area contributed by atoms with Crippen LogP contribution in [0.25, 0.3) is 0 Å². The van der Waals surface area contributed by atoms with Crippen LogP contribution in [0, 0.1) is 5.92 Å². The number of anilines is 1. The van der Waals surface area contributed by atoms with Crippen LogP contribution in [-0.4, -0.2) is 19.1 Å². The number of carbonyl (C=O) groups excluding carboxylic acids is 1. The summed E-state index contributed by atoms with van der Waals surface area (Å²) in [7, 11) is 0. The van der Waals surface area contributed by atoms with Gasteiger partial charge in [0.2, 0.25) is 0 Å². The Morgan fingerprint density at radius 1 is 1.39 bits per heavy atom. The lowest BCUT2D eigenvalue weighted by Crippen LogP contribution is -2.11. The predicted molar refractivity (Wildman–Crippen MR) is 72.8 cm³/mol. The summed E-state index contributed by atoms with van der Waals surface area (Å²) >= 11 is 0. The van der Waals surface area contributed by atoms with E-state index in [-0.39, 0.29) is 5.97 Å². The van der Waals surface area contributed by atoms with Gasteiger partial charge >= 0.3 is 5.97 Å². The summed E-state index contributed by atoms with van der Waals surface area (Å²) in [6.07, 6.45) is 5.36. The summed E-state index contributed by atoms with van der Waals surface area (Å²) in [5.41, 5.74) is 1.63. The second-order valence-corrected chi connectivity index (χ2v) is 4.83. The molecular formula is C15H21NO2. The number of ether oxygens (including phenoxy) is 1. The molecule has 0 heterocycles. The van der Waals surface area contributed by atoms with Crippen molar-refractivity contribution in [3.8, 4) is 0 Å². The molecule has 98 valence electrons. The number of rotatable bonds is 5. The van der Waals surface area contributed by atoms with E-state index in [1.54, 1.807) is 6.07 Å². The first kappa shape index (κ1) is 12.9. The van der Waals surface area contributed by atoms with E-state index in [1.165, 1.54) is 25.7 Å². The van der Waals surface area contributed by atoms with E-state index in [2.05, 4.69) is 5.32 Å². The molecule has 3 heteroatoms. The highest BCUT2D eigenvalue weighted by Crippen LogP contribution is 2.25. The summed E-state index contributed by atoms with van der Waals surface area (Å²) in [5, 5.41) is 3.42. The quantitative estimate of drug-likeness (QED) is 0.810.